The molecule has 1 saturated carbocycles. The molecule has 74 valence electrons. The molecule has 1 aromatic rings. The fraction of sp³-hybridized carbons (Fsp3) is 0.538. The third kappa shape index (κ3) is 0.942. The summed E-state index contributed by atoms with van der Waals surface area (Å²) >= 11 is 3.58. The molecule has 1 aromatic carbocycles. The standard InChI is InChI=1S/C13H15Br/c1-12-5-6-13(2,8-12)11-7-9(14)3-4-10(11)12/h3-4,7H,5-6,8H2,1-2H3. The van der Waals surface area contributed by atoms with Gasteiger partial charge in [-0.15, -0.1) is 0 Å². The van der Waals surface area contributed by atoms with Crippen molar-refractivity contribution in [3.63, 3.8) is 0 Å². The van der Waals surface area contributed by atoms with Crippen molar-refractivity contribution in [2.45, 2.75) is 43.9 Å². The summed E-state index contributed by atoms with van der Waals surface area (Å²) in [4.78, 5) is 0. The first-order valence-electron chi connectivity index (χ1n) is 5.34. The summed E-state index contributed by atoms with van der Waals surface area (Å²) < 4.78 is 1.23. The van der Waals surface area contributed by atoms with Gasteiger partial charge in [-0.05, 0) is 53.4 Å². The summed E-state index contributed by atoms with van der Waals surface area (Å²) in [5.41, 5.74) is 4.15. The number of fused-ring (bicyclic) bond motifs is 5. The van der Waals surface area contributed by atoms with Crippen molar-refractivity contribution in [1.82, 2.24) is 0 Å². The molecule has 2 unspecified atom stereocenters. The average Bonchev–Trinajstić information content (AvgIpc) is 2.53. The Morgan fingerprint density at radius 2 is 1.71 bits per heavy atom. The van der Waals surface area contributed by atoms with Crippen molar-refractivity contribution in [2.75, 3.05) is 0 Å². The van der Waals surface area contributed by atoms with Gasteiger partial charge >= 0.3 is 0 Å². The van der Waals surface area contributed by atoms with Crippen LogP contribution in [0.1, 0.15) is 44.2 Å². The highest BCUT2D eigenvalue weighted by atomic mass is 79.9. The van der Waals surface area contributed by atoms with Gasteiger partial charge in [-0.1, -0.05) is 35.8 Å². The Balaban J connectivity index is 2.29. The van der Waals surface area contributed by atoms with Crippen LogP contribution in [0.2, 0.25) is 0 Å². The van der Waals surface area contributed by atoms with Crippen LogP contribution in [0.15, 0.2) is 22.7 Å². The minimum Gasteiger partial charge on any atom is -0.0571 e. The van der Waals surface area contributed by atoms with Crippen LogP contribution >= 0.6 is 15.9 Å². The predicted molar refractivity (Wildman–Crippen MR) is 62.7 cm³/mol. The minimum atomic E-state index is 0.466. The van der Waals surface area contributed by atoms with Crippen LogP contribution < -0.4 is 0 Å². The van der Waals surface area contributed by atoms with Gasteiger partial charge < -0.3 is 0 Å². The molecule has 14 heavy (non-hydrogen) atoms. The van der Waals surface area contributed by atoms with E-state index in [1.807, 2.05) is 0 Å². The molecule has 0 radical (unpaired) electrons. The Labute approximate surface area is 93.8 Å². The van der Waals surface area contributed by atoms with Gasteiger partial charge in [-0.3, -0.25) is 0 Å². The second-order valence-electron chi connectivity index (χ2n) is 5.49. The van der Waals surface area contributed by atoms with Gasteiger partial charge in [0.2, 0.25) is 0 Å². The first-order valence-corrected chi connectivity index (χ1v) is 6.13. The number of rotatable bonds is 0. The summed E-state index contributed by atoms with van der Waals surface area (Å²) in [6, 6.07) is 6.84. The molecule has 3 rings (SSSR count). The molecule has 0 spiro atoms. The van der Waals surface area contributed by atoms with Gasteiger partial charge in [0.05, 0.1) is 0 Å². The third-order valence-corrected chi connectivity index (χ3v) is 4.78. The molecule has 0 N–H and O–H groups in total. The van der Waals surface area contributed by atoms with Crippen LogP contribution in [0, 0.1) is 0 Å². The van der Waals surface area contributed by atoms with E-state index in [1.54, 1.807) is 11.1 Å². The molecule has 0 aromatic heterocycles. The zero-order valence-electron chi connectivity index (χ0n) is 8.73. The summed E-state index contributed by atoms with van der Waals surface area (Å²) in [6.45, 7) is 4.86. The molecule has 0 amide bonds. The quantitative estimate of drug-likeness (QED) is 0.649. The molecule has 2 bridgehead atoms. The molecule has 2 aliphatic rings. The van der Waals surface area contributed by atoms with Crippen molar-refractivity contribution in [1.29, 1.82) is 0 Å². The molecular formula is C13H15Br. The van der Waals surface area contributed by atoms with Gasteiger partial charge in [0.15, 0.2) is 0 Å². The van der Waals surface area contributed by atoms with E-state index < -0.39 is 0 Å². The first kappa shape index (κ1) is 8.96. The van der Waals surface area contributed by atoms with Crippen LogP contribution in [0.5, 0.6) is 0 Å². The van der Waals surface area contributed by atoms with E-state index in [2.05, 4.69) is 48.0 Å². The lowest BCUT2D eigenvalue weighted by atomic mass is 9.78. The molecule has 0 saturated heterocycles. The summed E-state index contributed by atoms with van der Waals surface area (Å²) in [5, 5.41) is 0. The molecule has 2 aliphatic carbocycles. The lowest BCUT2D eigenvalue weighted by Crippen LogP contribution is -2.17. The zero-order chi connectivity index (χ0) is 9.97. The average molecular weight is 251 g/mol. The number of benzene rings is 1. The second-order valence-corrected chi connectivity index (χ2v) is 6.40. The largest absolute Gasteiger partial charge is 0.0571 e. The van der Waals surface area contributed by atoms with Crippen LogP contribution in [0.25, 0.3) is 0 Å². The van der Waals surface area contributed by atoms with E-state index in [1.165, 1.54) is 23.7 Å². The molecule has 0 nitrogen and oxygen atoms in total. The highest BCUT2D eigenvalue weighted by Gasteiger charge is 2.52. The summed E-state index contributed by atoms with van der Waals surface area (Å²) in [7, 11) is 0. The fourth-order valence-electron chi connectivity index (χ4n) is 3.59. The van der Waals surface area contributed by atoms with Crippen LogP contribution in [-0.2, 0) is 10.8 Å². The van der Waals surface area contributed by atoms with Crippen LogP contribution in [0.3, 0.4) is 0 Å². The molecule has 0 heterocycles. The second kappa shape index (κ2) is 2.44. The Morgan fingerprint density at radius 1 is 1.07 bits per heavy atom. The highest BCUT2D eigenvalue weighted by Crippen LogP contribution is 2.60. The smallest absolute Gasteiger partial charge is 0.0178 e. The molecule has 1 heteroatoms. The maximum absolute atomic E-state index is 3.58. The monoisotopic (exact) mass is 250 g/mol. The Bertz CT molecular complexity index is 410. The summed E-state index contributed by atoms with van der Waals surface area (Å²) in [6.07, 6.45) is 4.09. The molecule has 1 fully saturated rings. The number of halogens is 1. The molecule has 0 aliphatic heterocycles. The van der Waals surface area contributed by atoms with Crippen molar-refractivity contribution in [3.8, 4) is 0 Å². The maximum Gasteiger partial charge on any atom is 0.0178 e. The van der Waals surface area contributed by atoms with E-state index in [0.29, 0.717) is 10.8 Å². The van der Waals surface area contributed by atoms with Crippen molar-refractivity contribution >= 4 is 15.9 Å². The topological polar surface area (TPSA) is 0 Å². The Hall–Kier alpha value is -0.300. The molecule has 2 atom stereocenters. The van der Waals surface area contributed by atoms with Gasteiger partial charge in [0.1, 0.15) is 0 Å². The highest BCUT2D eigenvalue weighted by molar-refractivity contribution is 9.10. The van der Waals surface area contributed by atoms with E-state index in [9.17, 15) is 0 Å². The minimum absolute atomic E-state index is 0.466. The predicted octanol–water partition coefficient (Wildman–Crippen LogP) is 4.16. The SMILES string of the molecule is CC12CCC(C)(C1)c1cc(Br)ccc12. The van der Waals surface area contributed by atoms with Gasteiger partial charge in [-0.25, -0.2) is 0 Å². The number of hydrogen-bond acceptors (Lipinski definition) is 0. The summed E-state index contributed by atoms with van der Waals surface area (Å²) in [5.74, 6) is 0. The first-order chi connectivity index (χ1) is 6.54. The maximum atomic E-state index is 3.58. The van der Waals surface area contributed by atoms with Crippen molar-refractivity contribution < 1.29 is 0 Å². The van der Waals surface area contributed by atoms with Crippen molar-refractivity contribution in [2.24, 2.45) is 0 Å². The Kier molecular flexibility index (Phi) is 1.56. The van der Waals surface area contributed by atoms with Crippen LogP contribution in [0.4, 0.5) is 0 Å². The fourth-order valence-corrected chi connectivity index (χ4v) is 3.95. The van der Waals surface area contributed by atoms with E-state index in [4.69, 9.17) is 0 Å². The van der Waals surface area contributed by atoms with E-state index in [-0.39, 0.29) is 0 Å². The number of hydrogen-bond donors (Lipinski definition) is 0. The van der Waals surface area contributed by atoms with E-state index >= 15 is 0 Å². The van der Waals surface area contributed by atoms with E-state index in [0.717, 1.165) is 0 Å². The van der Waals surface area contributed by atoms with Crippen LogP contribution in [-0.4, -0.2) is 0 Å². The van der Waals surface area contributed by atoms with Crippen molar-refractivity contribution in [3.05, 3.63) is 33.8 Å². The third-order valence-electron chi connectivity index (χ3n) is 4.29. The zero-order valence-corrected chi connectivity index (χ0v) is 10.3. The lowest BCUT2D eigenvalue weighted by molar-refractivity contribution is 0.484. The normalized spacial score (nSPS) is 38.8. The lowest BCUT2D eigenvalue weighted by Gasteiger charge is -2.26. The Morgan fingerprint density at radius 3 is 2.43 bits per heavy atom. The van der Waals surface area contributed by atoms with Gasteiger partial charge in [-0.2, -0.15) is 0 Å². The molecular weight excluding hydrogens is 236 g/mol. The van der Waals surface area contributed by atoms with Gasteiger partial charge in [0, 0.05) is 4.47 Å². The van der Waals surface area contributed by atoms with Gasteiger partial charge in [0.25, 0.3) is 0 Å².